The molecule has 2 rings (SSSR count). The van der Waals surface area contributed by atoms with Gasteiger partial charge >= 0.3 is 0 Å². The standard InChI is InChI=1S/C13H19N3O2/c14-10(12(15)16)8-4-3-7-13(11(8)18)6-2-1-5-9(13)17/h1-7,14H2,(H3,15,16)/b10-8-/t13-/m1/s1. The number of hydrogen-bond acceptors (Lipinski definition) is 4. The van der Waals surface area contributed by atoms with Crippen molar-refractivity contribution in [3.8, 4) is 0 Å². The van der Waals surface area contributed by atoms with Crippen molar-refractivity contribution in [1.82, 2.24) is 0 Å². The molecule has 5 heteroatoms. The maximum atomic E-state index is 12.5. The van der Waals surface area contributed by atoms with E-state index in [-0.39, 0.29) is 23.1 Å². The van der Waals surface area contributed by atoms with Gasteiger partial charge in [0.25, 0.3) is 0 Å². The summed E-state index contributed by atoms with van der Waals surface area (Å²) in [4.78, 5) is 24.7. The average Bonchev–Trinajstić information content (AvgIpc) is 2.35. The first-order valence-corrected chi connectivity index (χ1v) is 6.40. The van der Waals surface area contributed by atoms with Crippen LogP contribution >= 0.6 is 0 Å². The third-order valence-corrected chi connectivity index (χ3v) is 4.15. The second-order valence-corrected chi connectivity index (χ2v) is 5.20. The molecule has 0 unspecified atom stereocenters. The number of nitrogens with two attached hydrogens (primary N) is 2. The van der Waals surface area contributed by atoms with Gasteiger partial charge in [0.15, 0.2) is 5.78 Å². The number of nitrogens with one attached hydrogen (secondary N) is 1. The van der Waals surface area contributed by atoms with Crippen molar-refractivity contribution in [1.29, 1.82) is 5.41 Å². The van der Waals surface area contributed by atoms with E-state index in [1.807, 2.05) is 0 Å². The number of Topliss-reactive ketones (excluding diaryl/α,β-unsaturated/α-hetero) is 2. The van der Waals surface area contributed by atoms with Gasteiger partial charge in [-0.3, -0.25) is 15.0 Å². The Morgan fingerprint density at radius 3 is 2.33 bits per heavy atom. The van der Waals surface area contributed by atoms with Gasteiger partial charge in [-0.2, -0.15) is 0 Å². The molecule has 18 heavy (non-hydrogen) atoms. The van der Waals surface area contributed by atoms with Gasteiger partial charge in [-0.15, -0.1) is 0 Å². The molecule has 0 amide bonds. The van der Waals surface area contributed by atoms with E-state index in [1.165, 1.54) is 0 Å². The third kappa shape index (κ3) is 1.83. The summed E-state index contributed by atoms with van der Waals surface area (Å²) < 4.78 is 0. The molecule has 5 nitrogen and oxygen atoms in total. The summed E-state index contributed by atoms with van der Waals surface area (Å²) in [6, 6.07) is 0. The van der Waals surface area contributed by atoms with Gasteiger partial charge in [-0.1, -0.05) is 6.42 Å². The maximum Gasteiger partial charge on any atom is 0.174 e. The Hall–Kier alpha value is -1.65. The van der Waals surface area contributed by atoms with Crippen molar-refractivity contribution in [3.05, 3.63) is 11.3 Å². The summed E-state index contributed by atoms with van der Waals surface area (Å²) in [5.74, 6) is -0.405. The van der Waals surface area contributed by atoms with Gasteiger partial charge < -0.3 is 11.5 Å². The van der Waals surface area contributed by atoms with Crippen LogP contribution in [0.25, 0.3) is 0 Å². The van der Waals surface area contributed by atoms with Gasteiger partial charge in [0.05, 0.1) is 11.1 Å². The summed E-state index contributed by atoms with van der Waals surface area (Å²) in [5.41, 5.74) is 10.7. The zero-order valence-electron chi connectivity index (χ0n) is 10.4. The largest absolute Gasteiger partial charge is 0.395 e. The fraction of sp³-hybridized carbons (Fsp3) is 0.615. The molecule has 0 aromatic rings. The average molecular weight is 249 g/mol. The smallest absolute Gasteiger partial charge is 0.174 e. The molecule has 0 aromatic heterocycles. The van der Waals surface area contributed by atoms with Crippen LogP contribution in [0.5, 0.6) is 0 Å². The summed E-state index contributed by atoms with van der Waals surface area (Å²) >= 11 is 0. The van der Waals surface area contributed by atoms with Crippen molar-refractivity contribution in [3.63, 3.8) is 0 Å². The number of carbonyl (C=O) groups excluding carboxylic acids is 2. The highest BCUT2D eigenvalue weighted by Gasteiger charge is 2.49. The van der Waals surface area contributed by atoms with Crippen molar-refractivity contribution in [2.45, 2.75) is 44.9 Å². The molecule has 2 fully saturated rings. The lowest BCUT2D eigenvalue weighted by Crippen LogP contribution is -2.45. The Bertz CT molecular complexity index is 449. The van der Waals surface area contributed by atoms with E-state index in [2.05, 4.69) is 0 Å². The van der Waals surface area contributed by atoms with Gasteiger partial charge in [0.1, 0.15) is 11.6 Å². The first-order valence-electron chi connectivity index (χ1n) is 6.40. The van der Waals surface area contributed by atoms with Crippen molar-refractivity contribution < 1.29 is 9.59 Å². The number of rotatable bonds is 1. The first-order chi connectivity index (χ1) is 8.49. The molecule has 0 heterocycles. The quantitative estimate of drug-likeness (QED) is 0.279. The second kappa shape index (κ2) is 4.55. The van der Waals surface area contributed by atoms with Crippen LogP contribution < -0.4 is 11.5 Å². The van der Waals surface area contributed by atoms with Crippen LogP contribution in [-0.2, 0) is 9.59 Å². The number of hydrogen-bond donors (Lipinski definition) is 3. The van der Waals surface area contributed by atoms with E-state index in [0.29, 0.717) is 31.3 Å². The predicted octanol–water partition coefficient (Wildman–Crippen LogP) is 1.02. The third-order valence-electron chi connectivity index (χ3n) is 4.15. The first kappa shape index (κ1) is 12.8. The van der Waals surface area contributed by atoms with Gasteiger partial charge in [0.2, 0.25) is 0 Å². The van der Waals surface area contributed by atoms with Crippen LogP contribution in [0.4, 0.5) is 0 Å². The van der Waals surface area contributed by atoms with Crippen LogP contribution in [0.2, 0.25) is 0 Å². The van der Waals surface area contributed by atoms with Crippen molar-refractivity contribution >= 4 is 17.4 Å². The van der Waals surface area contributed by atoms with Crippen LogP contribution in [-0.4, -0.2) is 17.4 Å². The van der Waals surface area contributed by atoms with E-state index in [1.54, 1.807) is 0 Å². The minimum absolute atomic E-state index is 0.0484. The Balaban J connectivity index is 2.41. The van der Waals surface area contributed by atoms with Crippen LogP contribution in [0.15, 0.2) is 11.3 Å². The predicted molar refractivity (Wildman–Crippen MR) is 67.9 cm³/mol. The van der Waals surface area contributed by atoms with Gasteiger partial charge in [-0.25, -0.2) is 0 Å². The van der Waals surface area contributed by atoms with Crippen LogP contribution in [0.1, 0.15) is 44.9 Å². The Labute approximate surface area is 106 Å². The summed E-state index contributed by atoms with van der Waals surface area (Å²) in [6.07, 6.45) is 4.80. The van der Waals surface area contributed by atoms with E-state index in [9.17, 15) is 9.59 Å². The maximum absolute atomic E-state index is 12.5. The lowest BCUT2D eigenvalue weighted by molar-refractivity contribution is -0.143. The van der Waals surface area contributed by atoms with Gasteiger partial charge in [-0.05, 0) is 32.1 Å². The van der Waals surface area contributed by atoms with Gasteiger partial charge in [0, 0.05) is 12.0 Å². The molecule has 5 N–H and O–H groups in total. The second-order valence-electron chi connectivity index (χ2n) is 5.20. The fourth-order valence-electron chi connectivity index (χ4n) is 3.10. The molecular weight excluding hydrogens is 230 g/mol. The highest BCUT2D eigenvalue weighted by Crippen LogP contribution is 2.44. The molecule has 0 aromatic carbocycles. The minimum atomic E-state index is -0.855. The molecular formula is C13H19N3O2. The summed E-state index contributed by atoms with van der Waals surface area (Å²) in [5, 5.41) is 7.34. The molecule has 0 aliphatic heterocycles. The SMILES string of the molecule is N=C(N)/C(N)=C1\CCC[C@@]2(CCCCC2=O)C1=O. The summed E-state index contributed by atoms with van der Waals surface area (Å²) in [7, 11) is 0. The number of amidine groups is 1. The fourth-order valence-corrected chi connectivity index (χ4v) is 3.10. The topological polar surface area (TPSA) is 110 Å². The molecule has 1 atom stereocenters. The number of allylic oxidation sites excluding steroid dienone is 1. The summed E-state index contributed by atoms with van der Waals surface area (Å²) in [6.45, 7) is 0. The molecule has 1 spiro atoms. The number of ketones is 2. The van der Waals surface area contributed by atoms with Crippen molar-refractivity contribution in [2.24, 2.45) is 16.9 Å². The lowest BCUT2D eigenvalue weighted by atomic mass is 9.62. The van der Waals surface area contributed by atoms with E-state index < -0.39 is 5.41 Å². The molecule has 0 saturated heterocycles. The number of carbonyl (C=O) groups is 2. The molecule has 2 aliphatic carbocycles. The minimum Gasteiger partial charge on any atom is -0.395 e. The Kier molecular flexibility index (Phi) is 3.24. The zero-order valence-corrected chi connectivity index (χ0v) is 10.4. The molecule has 2 saturated carbocycles. The van der Waals surface area contributed by atoms with Crippen LogP contribution in [0, 0.1) is 10.8 Å². The van der Waals surface area contributed by atoms with E-state index in [4.69, 9.17) is 16.9 Å². The van der Waals surface area contributed by atoms with Crippen molar-refractivity contribution in [2.75, 3.05) is 0 Å². The zero-order chi connectivity index (χ0) is 13.3. The highest BCUT2D eigenvalue weighted by molar-refractivity contribution is 6.17. The Morgan fingerprint density at radius 1 is 1.06 bits per heavy atom. The van der Waals surface area contributed by atoms with E-state index in [0.717, 1.165) is 19.3 Å². The van der Waals surface area contributed by atoms with Crippen LogP contribution in [0.3, 0.4) is 0 Å². The molecule has 0 radical (unpaired) electrons. The Morgan fingerprint density at radius 2 is 1.72 bits per heavy atom. The molecule has 2 aliphatic rings. The molecule has 98 valence electrons. The highest BCUT2D eigenvalue weighted by atomic mass is 16.2. The lowest BCUT2D eigenvalue weighted by Gasteiger charge is -2.38. The monoisotopic (exact) mass is 249 g/mol. The molecule has 0 bridgehead atoms. The normalized spacial score (nSPS) is 31.6. The van der Waals surface area contributed by atoms with E-state index >= 15 is 0 Å².